The Morgan fingerprint density at radius 1 is 1.67 bits per heavy atom. The highest BCUT2D eigenvalue weighted by Gasteiger charge is 2.30. The van der Waals surface area contributed by atoms with Gasteiger partial charge in [-0.05, 0) is 19.4 Å². The third kappa shape index (κ3) is 2.90. The van der Waals surface area contributed by atoms with Crippen LogP contribution in [-0.4, -0.2) is 27.6 Å². The van der Waals surface area contributed by atoms with Gasteiger partial charge >= 0.3 is 5.97 Å². The van der Waals surface area contributed by atoms with Crippen molar-refractivity contribution in [2.24, 2.45) is 5.41 Å². The zero-order chi connectivity index (χ0) is 11.3. The van der Waals surface area contributed by atoms with E-state index in [0.717, 1.165) is 0 Å². The van der Waals surface area contributed by atoms with Crippen molar-refractivity contribution in [3.8, 4) is 0 Å². The normalized spacial score (nSPS) is 14.3. The molecule has 0 amide bonds. The molecule has 0 spiro atoms. The SMILES string of the molecule is CCC(C)(CNc1ccncn1)C(=O)O. The molecule has 5 heteroatoms. The van der Waals surface area contributed by atoms with Crippen LogP contribution in [0.1, 0.15) is 20.3 Å². The van der Waals surface area contributed by atoms with Gasteiger partial charge in [0.2, 0.25) is 0 Å². The average Bonchev–Trinajstić information content (AvgIpc) is 2.27. The van der Waals surface area contributed by atoms with Crippen LogP contribution in [0.15, 0.2) is 18.6 Å². The number of hydrogen-bond donors (Lipinski definition) is 2. The minimum absolute atomic E-state index is 0.357. The number of carbonyl (C=O) groups is 1. The second-order valence-electron chi connectivity index (χ2n) is 3.67. The smallest absolute Gasteiger partial charge is 0.311 e. The summed E-state index contributed by atoms with van der Waals surface area (Å²) in [6.07, 6.45) is 3.60. The quantitative estimate of drug-likeness (QED) is 0.766. The van der Waals surface area contributed by atoms with Crippen molar-refractivity contribution in [1.82, 2.24) is 9.97 Å². The Balaban J connectivity index is 2.59. The number of carboxylic acid groups (broad SMARTS) is 1. The van der Waals surface area contributed by atoms with E-state index in [4.69, 9.17) is 5.11 Å². The monoisotopic (exact) mass is 209 g/mol. The van der Waals surface area contributed by atoms with Crippen LogP contribution in [0.2, 0.25) is 0 Å². The molecule has 15 heavy (non-hydrogen) atoms. The lowest BCUT2D eigenvalue weighted by Gasteiger charge is -2.23. The van der Waals surface area contributed by atoms with Gasteiger partial charge in [0.1, 0.15) is 12.1 Å². The Bertz CT molecular complexity index is 329. The first-order chi connectivity index (χ1) is 7.08. The largest absolute Gasteiger partial charge is 0.481 e. The Hall–Kier alpha value is -1.65. The van der Waals surface area contributed by atoms with E-state index in [1.807, 2.05) is 6.92 Å². The van der Waals surface area contributed by atoms with Gasteiger partial charge in [0.15, 0.2) is 0 Å². The first kappa shape index (κ1) is 11.4. The van der Waals surface area contributed by atoms with Crippen molar-refractivity contribution in [3.05, 3.63) is 18.6 Å². The number of rotatable bonds is 5. The van der Waals surface area contributed by atoms with E-state index in [1.165, 1.54) is 6.33 Å². The fraction of sp³-hybridized carbons (Fsp3) is 0.500. The van der Waals surface area contributed by atoms with E-state index in [1.54, 1.807) is 19.2 Å². The summed E-state index contributed by atoms with van der Waals surface area (Å²) < 4.78 is 0. The van der Waals surface area contributed by atoms with Crippen LogP contribution in [-0.2, 0) is 4.79 Å². The van der Waals surface area contributed by atoms with Crippen LogP contribution in [0.3, 0.4) is 0 Å². The summed E-state index contributed by atoms with van der Waals surface area (Å²) in [5.74, 6) is -0.155. The van der Waals surface area contributed by atoms with Gasteiger partial charge in [-0.2, -0.15) is 0 Å². The van der Waals surface area contributed by atoms with Gasteiger partial charge < -0.3 is 10.4 Å². The van der Waals surface area contributed by atoms with Crippen molar-refractivity contribution in [3.63, 3.8) is 0 Å². The molecule has 0 aliphatic heterocycles. The molecule has 0 fully saturated rings. The molecule has 82 valence electrons. The molecule has 0 radical (unpaired) electrons. The van der Waals surface area contributed by atoms with E-state index < -0.39 is 11.4 Å². The van der Waals surface area contributed by atoms with Crippen LogP contribution in [0.5, 0.6) is 0 Å². The number of nitrogens with zero attached hydrogens (tertiary/aromatic N) is 2. The lowest BCUT2D eigenvalue weighted by molar-refractivity contribution is -0.147. The van der Waals surface area contributed by atoms with Crippen molar-refractivity contribution in [2.75, 3.05) is 11.9 Å². The maximum absolute atomic E-state index is 11.0. The third-order valence-electron chi connectivity index (χ3n) is 2.54. The van der Waals surface area contributed by atoms with Crippen LogP contribution < -0.4 is 5.32 Å². The Morgan fingerprint density at radius 2 is 2.40 bits per heavy atom. The maximum atomic E-state index is 11.0. The number of nitrogens with one attached hydrogen (secondary N) is 1. The standard InChI is InChI=1S/C10H15N3O2/c1-3-10(2,9(14)15)6-12-8-4-5-11-7-13-8/h4-5,7H,3,6H2,1-2H3,(H,14,15)(H,11,12,13). The third-order valence-corrected chi connectivity index (χ3v) is 2.54. The molecule has 0 aliphatic carbocycles. The van der Waals surface area contributed by atoms with Gasteiger partial charge in [-0.1, -0.05) is 6.92 Å². The highest BCUT2D eigenvalue weighted by Crippen LogP contribution is 2.21. The van der Waals surface area contributed by atoms with Gasteiger partial charge in [-0.25, -0.2) is 9.97 Å². The molecule has 1 aromatic heterocycles. The van der Waals surface area contributed by atoms with E-state index in [0.29, 0.717) is 18.8 Å². The molecular weight excluding hydrogens is 194 g/mol. The number of aliphatic carboxylic acids is 1. The molecule has 0 saturated carbocycles. The molecule has 0 bridgehead atoms. The van der Waals surface area contributed by atoms with Gasteiger partial charge in [0.05, 0.1) is 5.41 Å². The summed E-state index contributed by atoms with van der Waals surface area (Å²) in [7, 11) is 0. The van der Waals surface area contributed by atoms with Crippen molar-refractivity contribution in [1.29, 1.82) is 0 Å². The topological polar surface area (TPSA) is 75.1 Å². The summed E-state index contributed by atoms with van der Waals surface area (Å²) in [6.45, 7) is 3.93. The first-order valence-electron chi connectivity index (χ1n) is 4.82. The lowest BCUT2D eigenvalue weighted by atomic mass is 9.88. The Labute approximate surface area is 88.6 Å². The van der Waals surface area contributed by atoms with Crippen molar-refractivity contribution < 1.29 is 9.90 Å². The predicted molar refractivity (Wildman–Crippen MR) is 56.6 cm³/mol. The highest BCUT2D eigenvalue weighted by atomic mass is 16.4. The van der Waals surface area contributed by atoms with Gasteiger partial charge in [0, 0.05) is 12.7 Å². The summed E-state index contributed by atoms with van der Waals surface area (Å²) in [5, 5.41) is 12.0. The molecule has 0 saturated heterocycles. The number of hydrogen-bond acceptors (Lipinski definition) is 4. The highest BCUT2D eigenvalue weighted by molar-refractivity contribution is 5.74. The molecule has 1 aromatic rings. The molecule has 0 aliphatic rings. The molecule has 1 heterocycles. The zero-order valence-electron chi connectivity index (χ0n) is 8.90. The summed E-state index contributed by atoms with van der Waals surface area (Å²) in [6, 6.07) is 1.71. The minimum Gasteiger partial charge on any atom is -0.481 e. The molecule has 1 atom stereocenters. The maximum Gasteiger partial charge on any atom is 0.311 e. The van der Waals surface area contributed by atoms with Gasteiger partial charge in [0.25, 0.3) is 0 Å². The predicted octanol–water partition coefficient (Wildman–Crippen LogP) is 1.39. The van der Waals surface area contributed by atoms with Gasteiger partial charge in [-0.3, -0.25) is 4.79 Å². The average molecular weight is 209 g/mol. The minimum atomic E-state index is -0.799. The fourth-order valence-electron chi connectivity index (χ4n) is 1.03. The zero-order valence-corrected chi connectivity index (χ0v) is 8.90. The second-order valence-corrected chi connectivity index (χ2v) is 3.67. The van der Waals surface area contributed by atoms with Crippen molar-refractivity contribution in [2.45, 2.75) is 20.3 Å². The molecule has 0 aromatic carbocycles. The number of anilines is 1. The summed E-state index contributed by atoms with van der Waals surface area (Å²) in [5.41, 5.74) is -0.759. The van der Waals surface area contributed by atoms with Gasteiger partial charge in [-0.15, -0.1) is 0 Å². The first-order valence-corrected chi connectivity index (χ1v) is 4.82. The van der Waals surface area contributed by atoms with Crippen molar-refractivity contribution >= 4 is 11.8 Å². The van der Waals surface area contributed by atoms with Crippen LogP contribution in [0.25, 0.3) is 0 Å². The summed E-state index contributed by atoms with van der Waals surface area (Å²) in [4.78, 5) is 18.7. The number of aromatic nitrogens is 2. The lowest BCUT2D eigenvalue weighted by Crippen LogP contribution is -2.34. The van der Waals surface area contributed by atoms with Crippen LogP contribution in [0, 0.1) is 5.41 Å². The van der Waals surface area contributed by atoms with E-state index in [9.17, 15) is 4.79 Å². The fourth-order valence-corrected chi connectivity index (χ4v) is 1.03. The molecule has 5 nitrogen and oxygen atoms in total. The molecule has 2 N–H and O–H groups in total. The Kier molecular flexibility index (Phi) is 3.60. The summed E-state index contributed by atoms with van der Waals surface area (Å²) >= 11 is 0. The van der Waals surface area contributed by atoms with E-state index in [2.05, 4.69) is 15.3 Å². The Morgan fingerprint density at radius 3 is 2.87 bits per heavy atom. The molecule has 1 rings (SSSR count). The molecular formula is C10H15N3O2. The van der Waals surface area contributed by atoms with Crippen LogP contribution >= 0.6 is 0 Å². The molecule has 1 unspecified atom stereocenters. The second kappa shape index (κ2) is 4.72. The van der Waals surface area contributed by atoms with E-state index >= 15 is 0 Å². The number of carboxylic acids is 1. The van der Waals surface area contributed by atoms with Crippen LogP contribution in [0.4, 0.5) is 5.82 Å². The van der Waals surface area contributed by atoms with E-state index in [-0.39, 0.29) is 0 Å².